The van der Waals surface area contributed by atoms with Gasteiger partial charge in [-0.2, -0.15) is 0 Å². The molecule has 4 aromatic rings. The molecule has 0 radical (unpaired) electrons. The molecular weight excluding hydrogens is 404 g/mol. The van der Waals surface area contributed by atoms with E-state index < -0.39 is 16.6 Å². The first-order valence-electron chi connectivity index (χ1n) is 10.3. The van der Waals surface area contributed by atoms with Crippen molar-refractivity contribution < 1.29 is 9.84 Å². The third kappa shape index (κ3) is 4.21. The van der Waals surface area contributed by atoms with E-state index in [0.717, 1.165) is 17.1 Å². The molecule has 0 aliphatic rings. The molecule has 6 heteroatoms. The van der Waals surface area contributed by atoms with Gasteiger partial charge in [-0.05, 0) is 53.9 Å². The summed E-state index contributed by atoms with van der Waals surface area (Å²) in [4.78, 5) is 25.2. The summed E-state index contributed by atoms with van der Waals surface area (Å²) in [6.07, 6.45) is 0. The largest absolute Gasteiger partial charge is 0.502 e. The Hall–Kier alpha value is -4.06. The van der Waals surface area contributed by atoms with Gasteiger partial charge in [0, 0.05) is 23.6 Å². The summed E-state index contributed by atoms with van der Waals surface area (Å²) in [5, 5.41) is 12.6. The highest BCUT2D eigenvalue weighted by atomic mass is 16.5. The molecule has 6 nitrogen and oxygen atoms in total. The van der Waals surface area contributed by atoms with Crippen molar-refractivity contribution in [1.29, 1.82) is 0 Å². The predicted octanol–water partition coefficient (Wildman–Crippen LogP) is 4.68. The maximum Gasteiger partial charge on any atom is 0.271 e. The van der Waals surface area contributed by atoms with E-state index in [1.807, 2.05) is 60.7 Å². The molecule has 162 valence electrons. The standard InChI is InChI=1S/C26H24N2O4/c1-17(18-7-4-3-5-8-18)16-28(20-11-13-22(32-2)14-12-20)21-10-6-9-19(15-21)27-23-24(29)26(31)25(23)30/h3-15,17,27,29H,16H2,1-2H3/t17-/m0/s1. The van der Waals surface area contributed by atoms with Gasteiger partial charge in [0.15, 0.2) is 5.75 Å². The van der Waals surface area contributed by atoms with E-state index in [1.165, 1.54) is 5.56 Å². The normalized spacial score (nSPS) is 11.8. The molecule has 0 aliphatic heterocycles. The van der Waals surface area contributed by atoms with Crippen LogP contribution in [0.3, 0.4) is 0 Å². The van der Waals surface area contributed by atoms with Crippen molar-refractivity contribution >= 4 is 22.7 Å². The molecule has 32 heavy (non-hydrogen) atoms. The number of aromatic hydroxyl groups is 1. The summed E-state index contributed by atoms with van der Waals surface area (Å²) in [6.45, 7) is 2.89. The van der Waals surface area contributed by atoms with Crippen LogP contribution in [-0.4, -0.2) is 18.8 Å². The number of rotatable bonds is 8. The average molecular weight is 428 g/mol. The van der Waals surface area contributed by atoms with Crippen LogP contribution in [0.15, 0.2) is 88.5 Å². The van der Waals surface area contributed by atoms with E-state index in [4.69, 9.17) is 4.74 Å². The Labute approximate surface area is 186 Å². The van der Waals surface area contributed by atoms with Gasteiger partial charge >= 0.3 is 0 Å². The van der Waals surface area contributed by atoms with Crippen molar-refractivity contribution in [3.8, 4) is 11.5 Å². The summed E-state index contributed by atoms with van der Waals surface area (Å²) in [6, 6.07) is 25.6. The van der Waals surface area contributed by atoms with Crippen molar-refractivity contribution in [2.45, 2.75) is 12.8 Å². The van der Waals surface area contributed by atoms with Crippen LogP contribution in [0, 0.1) is 0 Å². The SMILES string of the molecule is COc1ccc(N(C[C@H](C)c2ccccc2)c2cccc(Nc3c(O)c(=O)c3=O)c2)cc1. The van der Waals surface area contributed by atoms with E-state index >= 15 is 0 Å². The molecule has 4 aromatic carbocycles. The molecule has 0 heterocycles. The highest BCUT2D eigenvalue weighted by Crippen LogP contribution is 2.33. The Morgan fingerprint density at radius 3 is 2.28 bits per heavy atom. The molecule has 0 aromatic heterocycles. The quantitative estimate of drug-likeness (QED) is 0.397. The molecule has 0 saturated carbocycles. The van der Waals surface area contributed by atoms with Crippen molar-refractivity contribution in [2.24, 2.45) is 0 Å². The predicted molar refractivity (Wildman–Crippen MR) is 128 cm³/mol. The molecule has 2 N–H and O–H groups in total. The zero-order valence-corrected chi connectivity index (χ0v) is 17.9. The Bertz CT molecular complexity index is 1280. The second-order valence-electron chi connectivity index (χ2n) is 7.68. The molecule has 0 spiro atoms. The molecule has 0 unspecified atom stereocenters. The minimum absolute atomic E-state index is 0.0687. The van der Waals surface area contributed by atoms with Gasteiger partial charge in [-0.25, -0.2) is 0 Å². The van der Waals surface area contributed by atoms with Crippen molar-refractivity contribution in [3.05, 3.63) is 105 Å². The molecule has 0 saturated heterocycles. The number of nitrogens with one attached hydrogen (secondary N) is 1. The first-order valence-corrected chi connectivity index (χ1v) is 10.3. The van der Waals surface area contributed by atoms with E-state index in [1.54, 1.807) is 13.2 Å². The summed E-state index contributed by atoms with van der Waals surface area (Å²) in [7, 11) is 1.63. The fourth-order valence-electron chi connectivity index (χ4n) is 3.67. The van der Waals surface area contributed by atoms with E-state index in [-0.39, 0.29) is 11.6 Å². The molecule has 4 rings (SSSR count). The van der Waals surface area contributed by atoms with Gasteiger partial charge < -0.3 is 20.1 Å². The number of hydrogen-bond acceptors (Lipinski definition) is 6. The molecule has 0 bridgehead atoms. The Morgan fingerprint density at radius 2 is 1.62 bits per heavy atom. The van der Waals surface area contributed by atoms with Crippen molar-refractivity contribution in [1.82, 2.24) is 0 Å². The average Bonchev–Trinajstić information content (AvgIpc) is 2.85. The molecule has 0 fully saturated rings. The second-order valence-corrected chi connectivity index (χ2v) is 7.68. The summed E-state index contributed by atoms with van der Waals surface area (Å²) in [5.74, 6) is 0.494. The highest BCUT2D eigenvalue weighted by Gasteiger charge is 2.21. The van der Waals surface area contributed by atoms with Crippen LogP contribution in [0.5, 0.6) is 11.5 Å². The molecule has 0 aliphatic carbocycles. The molecular formula is C26H24N2O4. The van der Waals surface area contributed by atoms with Crippen LogP contribution in [-0.2, 0) is 0 Å². The second kappa shape index (κ2) is 8.98. The van der Waals surface area contributed by atoms with Crippen LogP contribution < -0.4 is 25.8 Å². The summed E-state index contributed by atoms with van der Waals surface area (Å²) >= 11 is 0. The number of hydrogen-bond donors (Lipinski definition) is 2. The van der Waals surface area contributed by atoms with E-state index in [0.29, 0.717) is 12.2 Å². The maximum absolute atomic E-state index is 11.7. The summed E-state index contributed by atoms with van der Waals surface area (Å²) < 4.78 is 5.30. The zero-order chi connectivity index (χ0) is 22.7. The van der Waals surface area contributed by atoms with Gasteiger partial charge in [-0.1, -0.05) is 43.3 Å². The lowest BCUT2D eigenvalue weighted by atomic mass is 10.00. The lowest BCUT2D eigenvalue weighted by Crippen LogP contribution is -2.32. The van der Waals surface area contributed by atoms with Crippen LogP contribution in [0.4, 0.5) is 22.7 Å². The smallest absolute Gasteiger partial charge is 0.271 e. The monoisotopic (exact) mass is 428 g/mol. The number of nitrogens with zero attached hydrogens (tertiary/aromatic N) is 1. The molecule has 0 amide bonds. The first-order chi connectivity index (χ1) is 15.5. The highest BCUT2D eigenvalue weighted by molar-refractivity contribution is 5.74. The summed E-state index contributed by atoms with van der Waals surface area (Å²) in [5.41, 5.74) is 2.09. The van der Waals surface area contributed by atoms with Crippen molar-refractivity contribution in [3.63, 3.8) is 0 Å². The zero-order valence-electron chi connectivity index (χ0n) is 17.9. The number of methoxy groups -OCH3 is 1. The Balaban J connectivity index is 1.67. The first kappa shape index (κ1) is 21.2. The lowest BCUT2D eigenvalue weighted by Gasteiger charge is -2.29. The fraction of sp³-hybridized carbons (Fsp3) is 0.154. The lowest BCUT2D eigenvalue weighted by molar-refractivity contribution is 0.415. The van der Waals surface area contributed by atoms with Crippen LogP contribution >= 0.6 is 0 Å². The topological polar surface area (TPSA) is 78.9 Å². The Kier molecular flexibility index (Phi) is 5.94. The van der Waals surface area contributed by atoms with Crippen LogP contribution in [0.1, 0.15) is 18.4 Å². The third-order valence-electron chi connectivity index (χ3n) is 5.52. The van der Waals surface area contributed by atoms with Gasteiger partial charge in [0.05, 0.1) is 7.11 Å². The van der Waals surface area contributed by atoms with E-state index in [9.17, 15) is 14.7 Å². The number of anilines is 4. The minimum Gasteiger partial charge on any atom is -0.502 e. The third-order valence-corrected chi connectivity index (χ3v) is 5.52. The van der Waals surface area contributed by atoms with Gasteiger partial charge in [0.2, 0.25) is 0 Å². The van der Waals surface area contributed by atoms with E-state index in [2.05, 4.69) is 29.3 Å². The minimum atomic E-state index is -0.861. The fourth-order valence-corrected chi connectivity index (χ4v) is 3.67. The van der Waals surface area contributed by atoms with Crippen LogP contribution in [0.2, 0.25) is 0 Å². The number of benzene rings is 3. The molecule has 1 atom stereocenters. The Morgan fingerprint density at radius 1 is 0.906 bits per heavy atom. The van der Waals surface area contributed by atoms with Gasteiger partial charge in [0.25, 0.3) is 10.9 Å². The van der Waals surface area contributed by atoms with Gasteiger partial charge in [-0.15, -0.1) is 0 Å². The van der Waals surface area contributed by atoms with Crippen LogP contribution in [0.25, 0.3) is 0 Å². The van der Waals surface area contributed by atoms with Gasteiger partial charge in [-0.3, -0.25) is 9.59 Å². The van der Waals surface area contributed by atoms with Gasteiger partial charge in [0.1, 0.15) is 11.4 Å². The maximum atomic E-state index is 11.7. The number of ether oxygens (including phenoxy) is 1. The van der Waals surface area contributed by atoms with Crippen molar-refractivity contribution in [2.75, 3.05) is 23.9 Å².